The maximum atomic E-state index is 11.2. The highest BCUT2D eigenvalue weighted by Crippen LogP contribution is 2.00. The average molecular weight is 218 g/mol. The maximum Gasteiger partial charge on any atom is 0.266 e. The molecule has 0 fully saturated rings. The lowest BCUT2D eigenvalue weighted by molar-refractivity contribution is 0.128. The van der Waals surface area contributed by atoms with Crippen LogP contribution < -0.4 is 5.56 Å². The number of hydrogen-bond donors (Lipinski definition) is 0. The van der Waals surface area contributed by atoms with Crippen molar-refractivity contribution < 1.29 is 4.74 Å². The van der Waals surface area contributed by atoms with E-state index in [9.17, 15) is 4.79 Å². The number of halogens is 1. The van der Waals surface area contributed by atoms with E-state index in [0.29, 0.717) is 4.47 Å². The molecule has 4 heteroatoms. The Hall–Kier alpha value is -0.610. The lowest BCUT2D eigenvalue weighted by Gasteiger charge is -2.02. The third-order valence-electron chi connectivity index (χ3n) is 1.24. The summed E-state index contributed by atoms with van der Waals surface area (Å²) >= 11 is 3.13. The summed E-state index contributed by atoms with van der Waals surface area (Å²) < 4.78 is 6.83. The Kier molecular flexibility index (Phi) is 2.84. The molecule has 1 aromatic heterocycles. The Labute approximate surface area is 72.7 Å². The largest absolute Gasteiger partial charge is 0.364 e. The van der Waals surface area contributed by atoms with Crippen molar-refractivity contribution in [1.29, 1.82) is 0 Å². The first-order valence-electron chi connectivity index (χ1n) is 3.09. The number of ether oxygens (including phenoxy) is 1. The zero-order valence-electron chi connectivity index (χ0n) is 6.08. The molecular weight excluding hydrogens is 210 g/mol. The van der Waals surface area contributed by atoms with E-state index in [1.807, 2.05) is 0 Å². The van der Waals surface area contributed by atoms with E-state index in [2.05, 4.69) is 15.9 Å². The van der Waals surface area contributed by atoms with Crippen molar-refractivity contribution in [2.45, 2.75) is 6.73 Å². The molecule has 3 nitrogen and oxygen atoms in total. The normalized spacial score (nSPS) is 10.0. The van der Waals surface area contributed by atoms with Crippen molar-refractivity contribution in [3.63, 3.8) is 0 Å². The SMILES string of the molecule is COCn1cccc(Br)c1=O. The molecule has 0 aliphatic heterocycles. The van der Waals surface area contributed by atoms with Gasteiger partial charge in [-0.25, -0.2) is 0 Å². The van der Waals surface area contributed by atoms with E-state index in [1.165, 1.54) is 4.57 Å². The smallest absolute Gasteiger partial charge is 0.266 e. The molecule has 0 saturated heterocycles. The van der Waals surface area contributed by atoms with Gasteiger partial charge in [0.05, 0.1) is 4.47 Å². The average Bonchev–Trinajstić information content (AvgIpc) is 1.99. The highest BCUT2D eigenvalue weighted by atomic mass is 79.9. The molecule has 1 heterocycles. The molecule has 0 aromatic carbocycles. The lowest BCUT2D eigenvalue weighted by Crippen LogP contribution is -2.20. The first-order chi connectivity index (χ1) is 5.25. The van der Waals surface area contributed by atoms with E-state index in [4.69, 9.17) is 4.74 Å². The first kappa shape index (κ1) is 8.49. The Bertz CT molecular complexity index is 295. The molecule has 0 N–H and O–H groups in total. The van der Waals surface area contributed by atoms with Gasteiger partial charge in [-0.15, -0.1) is 0 Å². The fourth-order valence-corrected chi connectivity index (χ4v) is 1.13. The van der Waals surface area contributed by atoms with Gasteiger partial charge in [-0.1, -0.05) is 0 Å². The Morgan fingerprint density at radius 1 is 1.73 bits per heavy atom. The molecule has 1 rings (SSSR count). The van der Waals surface area contributed by atoms with Crippen molar-refractivity contribution in [3.8, 4) is 0 Å². The van der Waals surface area contributed by atoms with Crippen LogP contribution in [0.2, 0.25) is 0 Å². The number of nitrogens with zero attached hydrogens (tertiary/aromatic N) is 1. The summed E-state index contributed by atoms with van der Waals surface area (Å²) in [6, 6.07) is 3.49. The molecule has 1 aromatic rings. The van der Waals surface area contributed by atoms with Gasteiger partial charge in [0.15, 0.2) is 0 Å². The highest BCUT2D eigenvalue weighted by Gasteiger charge is 1.96. The van der Waals surface area contributed by atoms with Crippen LogP contribution >= 0.6 is 15.9 Å². The van der Waals surface area contributed by atoms with Crippen LogP contribution in [0.15, 0.2) is 27.6 Å². The number of aromatic nitrogens is 1. The van der Waals surface area contributed by atoms with Gasteiger partial charge in [0.25, 0.3) is 5.56 Å². The van der Waals surface area contributed by atoms with Crippen LogP contribution in [0.1, 0.15) is 0 Å². The molecule has 0 bridgehead atoms. The van der Waals surface area contributed by atoms with Gasteiger partial charge in [0, 0.05) is 13.3 Å². The highest BCUT2D eigenvalue weighted by molar-refractivity contribution is 9.10. The Morgan fingerprint density at radius 2 is 2.45 bits per heavy atom. The summed E-state index contributed by atoms with van der Waals surface area (Å²) in [5.74, 6) is 0. The number of rotatable bonds is 2. The quantitative estimate of drug-likeness (QED) is 0.747. The van der Waals surface area contributed by atoms with Crippen molar-refractivity contribution in [2.24, 2.45) is 0 Å². The second-order valence-corrected chi connectivity index (χ2v) is 2.90. The third-order valence-corrected chi connectivity index (χ3v) is 1.85. The third kappa shape index (κ3) is 1.91. The summed E-state index contributed by atoms with van der Waals surface area (Å²) in [7, 11) is 1.55. The molecular formula is C7H8BrNO2. The monoisotopic (exact) mass is 217 g/mol. The van der Waals surface area contributed by atoms with Crippen LogP contribution in [0, 0.1) is 0 Å². The van der Waals surface area contributed by atoms with Gasteiger partial charge in [-0.2, -0.15) is 0 Å². The van der Waals surface area contributed by atoms with E-state index >= 15 is 0 Å². The number of hydrogen-bond acceptors (Lipinski definition) is 2. The zero-order chi connectivity index (χ0) is 8.27. The van der Waals surface area contributed by atoms with Crippen LogP contribution in [0.3, 0.4) is 0 Å². The minimum absolute atomic E-state index is 0.0747. The van der Waals surface area contributed by atoms with Gasteiger partial charge in [-0.05, 0) is 28.1 Å². The van der Waals surface area contributed by atoms with E-state index in [-0.39, 0.29) is 12.3 Å². The second kappa shape index (κ2) is 3.69. The minimum Gasteiger partial charge on any atom is -0.364 e. The van der Waals surface area contributed by atoms with Crippen molar-refractivity contribution in [3.05, 3.63) is 33.2 Å². The molecule has 0 aliphatic rings. The topological polar surface area (TPSA) is 31.2 Å². The Balaban J connectivity index is 3.07. The molecule has 0 aliphatic carbocycles. The van der Waals surface area contributed by atoms with E-state index in [1.54, 1.807) is 25.4 Å². The molecule has 0 unspecified atom stereocenters. The number of pyridine rings is 1. The molecule has 0 saturated carbocycles. The van der Waals surface area contributed by atoms with E-state index in [0.717, 1.165) is 0 Å². The van der Waals surface area contributed by atoms with Crippen LogP contribution in [-0.2, 0) is 11.5 Å². The van der Waals surface area contributed by atoms with Gasteiger partial charge >= 0.3 is 0 Å². The van der Waals surface area contributed by atoms with Crippen molar-refractivity contribution in [2.75, 3.05) is 7.11 Å². The van der Waals surface area contributed by atoms with Crippen molar-refractivity contribution >= 4 is 15.9 Å². The summed E-state index contributed by atoms with van der Waals surface area (Å²) in [6.45, 7) is 0.290. The predicted molar refractivity (Wildman–Crippen MR) is 45.4 cm³/mol. The van der Waals surface area contributed by atoms with E-state index < -0.39 is 0 Å². The molecule has 0 atom stereocenters. The lowest BCUT2D eigenvalue weighted by atomic mass is 10.5. The van der Waals surface area contributed by atoms with Crippen LogP contribution in [0.4, 0.5) is 0 Å². The standard InChI is InChI=1S/C7H8BrNO2/c1-11-5-9-4-2-3-6(8)7(9)10/h2-4H,5H2,1H3. The Morgan fingerprint density at radius 3 is 3.09 bits per heavy atom. The fourth-order valence-electron chi connectivity index (χ4n) is 0.748. The number of methoxy groups -OCH3 is 1. The van der Waals surface area contributed by atoms with Crippen LogP contribution in [0.5, 0.6) is 0 Å². The van der Waals surface area contributed by atoms with Crippen LogP contribution in [0.25, 0.3) is 0 Å². The fraction of sp³-hybridized carbons (Fsp3) is 0.286. The summed E-state index contributed by atoms with van der Waals surface area (Å²) in [4.78, 5) is 11.2. The second-order valence-electron chi connectivity index (χ2n) is 2.05. The predicted octanol–water partition coefficient (Wildman–Crippen LogP) is 1.21. The zero-order valence-corrected chi connectivity index (χ0v) is 7.67. The van der Waals surface area contributed by atoms with Gasteiger partial charge in [0.1, 0.15) is 6.73 Å². The van der Waals surface area contributed by atoms with Gasteiger partial charge in [0.2, 0.25) is 0 Å². The summed E-state index contributed by atoms with van der Waals surface area (Å²) in [5.41, 5.74) is -0.0747. The van der Waals surface area contributed by atoms with Gasteiger partial charge in [-0.3, -0.25) is 9.36 Å². The summed E-state index contributed by atoms with van der Waals surface area (Å²) in [6.07, 6.45) is 1.68. The molecule has 60 valence electrons. The van der Waals surface area contributed by atoms with Gasteiger partial charge < -0.3 is 4.74 Å². The summed E-state index contributed by atoms with van der Waals surface area (Å²) in [5, 5.41) is 0. The molecule has 11 heavy (non-hydrogen) atoms. The van der Waals surface area contributed by atoms with Crippen LogP contribution in [-0.4, -0.2) is 11.7 Å². The van der Waals surface area contributed by atoms with Crippen molar-refractivity contribution in [1.82, 2.24) is 4.57 Å². The molecule has 0 spiro atoms. The molecule has 0 radical (unpaired) electrons. The minimum atomic E-state index is -0.0747. The first-order valence-corrected chi connectivity index (χ1v) is 3.89. The maximum absolute atomic E-state index is 11.2. The molecule has 0 amide bonds.